The Morgan fingerprint density at radius 2 is 1.80 bits per heavy atom. The second-order valence-corrected chi connectivity index (χ2v) is 5.68. The molecule has 0 aromatic heterocycles. The van der Waals surface area contributed by atoms with Gasteiger partial charge >= 0.3 is 5.97 Å². The van der Waals surface area contributed by atoms with Crippen molar-refractivity contribution in [1.29, 1.82) is 0 Å². The highest BCUT2D eigenvalue weighted by molar-refractivity contribution is 6.30. The number of benzene rings is 2. The van der Waals surface area contributed by atoms with Gasteiger partial charge in [0.15, 0.2) is 6.61 Å². The summed E-state index contributed by atoms with van der Waals surface area (Å²) < 4.78 is 4.98. The third-order valence-electron chi connectivity index (χ3n) is 3.17. The molecule has 0 atom stereocenters. The molecule has 0 aliphatic rings. The third-order valence-corrected chi connectivity index (χ3v) is 3.41. The summed E-state index contributed by atoms with van der Waals surface area (Å²) in [5.74, 6) is -1.19. The topological polar surface area (TPSA) is 84.5 Å². The van der Waals surface area contributed by atoms with Crippen molar-refractivity contribution < 1.29 is 19.1 Å². The van der Waals surface area contributed by atoms with Gasteiger partial charge < -0.3 is 15.4 Å². The Morgan fingerprint density at radius 1 is 1.08 bits per heavy atom. The number of ether oxygens (including phenoxy) is 1. The van der Waals surface area contributed by atoms with Crippen molar-refractivity contribution in [3.05, 3.63) is 64.7 Å². The van der Waals surface area contributed by atoms with E-state index in [1.54, 1.807) is 48.5 Å². The summed E-state index contributed by atoms with van der Waals surface area (Å²) >= 11 is 5.83. The van der Waals surface area contributed by atoms with Crippen molar-refractivity contribution in [3.8, 4) is 0 Å². The molecule has 7 heteroatoms. The fraction of sp³-hybridized carbons (Fsp3) is 0.167. The lowest BCUT2D eigenvalue weighted by Gasteiger charge is -2.07. The predicted molar refractivity (Wildman–Crippen MR) is 94.3 cm³/mol. The number of carbonyl (C=O) groups excluding carboxylic acids is 3. The van der Waals surface area contributed by atoms with Gasteiger partial charge in [-0.05, 0) is 35.9 Å². The maximum absolute atomic E-state index is 11.9. The van der Waals surface area contributed by atoms with E-state index >= 15 is 0 Å². The summed E-state index contributed by atoms with van der Waals surface area (Å²) in [5.41, 5.74) is 1.70. The van der Waals surface area contributed by atoms with Gasteiger partial charge in [0.05, 0.1) is 5.56 Å². The van der Waals surface area contributed by atoms with Gasteiger partial charge in [-0.3, -0.25) is 9.59 Å². The van der Waals surface area contributed by atoms with E-state index in [-0.39, 0.29) is 5.91 Å². The highest BCUT2D eigenvalue weighted by Crippen LogP contribution is 2.14. The number of nitrogens with one attached hydrogen (secondary N) is 2. The zero-order chi connectivity index (χ0) is 18.2. The van der Waals surface area contributed by atoms with Crippen LogP contribution in [0.15, 0.2) is 48.5 Å². The van der Waals surface area contributed by atoms with Gasteiger partial charge in [0, 0.05) is 24.2 Å². The molecule has 25 heavy (non-hydrogen) atoms. The summed E-state index contributed by atoms with van der Waals surface area (Å²) in [7, 11) is 0. The Labute approximate surface area is 150 Å². The molecule has 0 saturated carbocycles. The van der Waals surface area contributed by atoms with Crippen molar-refractivity contribution >= 4 is 35.1 Å². The minimum absolute atomic E-state index is 0.130. The van der Waals surface area contributed by atoms with Crippen molar-refractivity contribution in [2.24, 2.45) is 0 Å². The van der Waals surface area contributed by atoms with Crippen molar-refractivity contribution in [2.75, 3.05) is 11.9 Å². The number of carbonyl (C=O) groups is 3. The number of esters is 1. The molecule has 0 spiro atoms. The number of anilines is 1. The molecule has 0 unspecified atom stereocenters. The van der Waals surface area contributed by atoms with E-state index in [9.17, 15) is 14.4 Å². The smallest absolute Gasteiger partial charge is 0.338 e. The van der Waals surface area contributed by atoms with Crippen LogP contribution >= 0.6 is 11.6 Å². The molecule has 0 fully saturated rings. The minimum Gasteiger partial charge on any atom is -0.452 e. The van der Waals surface area contributed by atoms with E-state index in [4.69, 9.17) is 16.3 Å². The van der Waals surface area contributed by atoms with Crippen LogP contribution in [0.5, 0.6) is 0 Å². The van der Waals surface area contributed by atoms with Gasteiger partial charge in [0.1, 0.15) is 0 Å². The molecule has 2 N–H and O–H groups in total. The number of hydrogen-bond donors (Lipinski definition) is 2. The van der Waals surface area contributed by atoms with E-state index in [1.807, 2.05) is 0 Å². The van der Waals surface area contributed by atoms with Gasteiger partial charge in [-0.25, -0.2) is 4.79 Å². The summed E-state index contributed by atoms with van der Waals surface area (Å²) in [6, 6.07) is 13.2. The lowest BCUT2D eigenvalue weighted by Crippen LogP contribution is -2.21. The highest BCUT2D eigenvalue weighted by atomic mass is 35.5. The average Bonchev–Trinajstić information content (AvgIpc) is 2.58. The van der Waals surface area contributed by atoms with Crippen LogP contribution in [-0.4, -0.2) is 24.4 Å². The van der Waals surface area contributed by atoms with Gasteiger partial charge in [0.25, 0.3) is 5.91 Å². The summed E-state index contributed by atoms with van der Waals surface area (Å²) in [5, 5.41) is 5.74. The van der Waals surface area contributed by atoms with Gasteiger partial charge in [-0.1, -0.05) is 29.8 Å². The largest absolute Gasteiger partial charge is 0.452 e. The SMILES string of the molecule is CC(=O)NCc1ccc(C(=O)OCC(=O)Nc2cccc(Cl)c2)cc1. The van der Waals surface area contributed by atoms with E-state index in [1.165, 1.54) is 6.92 Å². The zero-order valence-corrected chi connectivity index (χ0v) is 14.3. The van der Waals surface area contributed by atoms with Crippen LogP contribution in [0.3, 0.4) is 0 Å². The first-order chi connectivity index (χ1) is 11.9. The van der Waals surface area contributed by atoms with Crippen LogP contribution in [0.1, 0.15) is 22.8 Å². The summed E-state index contributed by atoms with van der Waals surface area (Å²) in [6.07, 6.45) is 0. The number of halogens is 1. The molecule has 0 saturated heterocycles. The van der Waals surface area contributed by atoms with Crippen LogP contribution in [0.2, 0.25) is 5.02 Å². The molecule has 0 heterocycles. The second-order valence-electron chi connectivity index (χ2n) is 5.24. The molecule has 0 aliphatic carbocycles. The predicted octanol–water partition coefficient (Wildman–Crippen LogP) is 2.77. The van der Waals surface area contributed by atoms with E-state index in [0.29, 0.717) is 22.8 Å². The zero-order valence-electron chi connectivity index (χ0n) is 13.5. The maximum atomic E-state index is 11.9. The van der Waals surface area contributed by atoms with Crippen molar-refractivity contribution in [2.45, 2.75) is 13.5 Å². The Balaban J connectivity index is 1.83. The van der Waals surface area contributed by atoms with Crippen LogP contribution in [0.4, 0.5) is 5.69 Å². The summed E-state index contributed by atoms with van der Waals surface area (Å²) in [6.45, 7) is 1.41. The lowest BCUT2D eigenvalue weighted by atomic mass is 10.1. The first-order valence-electron chi connectivity index (χ1n) is 7.50. The standard InChI is InChI=1S/C18H17ClN2O4/c1-12(22)20-10-13-5-7-14(8-6-13)18(24)25-11-17(23)21-16-4-2-3-15(19)9-16/h2-9H,10-11H2,1H3,(H,20,22)(H,21,23). The fourth-order valence-corrected chi connectivity index (χ4v) is 2.15. The van der Waals surface area contributed by atoms with E-state index in [0.717, 1.165) is 5.56 Å². The molecular weight excluding hydrogens is 344 g/mol. The normalized spacial score (nSPS) is 10.0. The van der Waals surface area contributed by atoms with Crippen LogP contribution in [-0.2, 0) is 20.9 Å². The molecule has 130 valence electrons. The molecular formula is C18H17ClN2O4. The molecule has 2 aromatic rings. The Morgan fingerprint density at radius 3 is 2.44 bits per heavy atom. The maximum Gasteiger partial charge on any atom is 0.338 e. The monoisotopic (exact) mass is 360 g/mol. The van der Waals surface area contributed by atoms with Crippen molar-refractivity contribution in [1.82, 2.24) is 5.32 Å². The quantitative estimate of drug-likeness (QED) is 0.776. The molecule has 0 bridgehead atoms. The lowest BCUT2D eigenvalue weighted by molar-refractivity contribution is -0.119. The van der Waals surface area contributed by atoms with Crippen molar-refractivity contribution in [3.63, 3.8) is 0 Å². The number of amides is 2. The van der Waals surface area contributed by atoms with E-state index in [2.05, 4.69) is 10.6 Å². The van der Waals surface area contributed by atoms with Gasteiger partial charge in [-0.15, -0.1) is 0 Å². The molecule has 6 nitrogen and oxygen atoms in total. The first kappa shape index (κ1) is 18.5. The molecule has 2 amide bonds. The van der Waals surface area contributed by atoms with Gasteiger partial charge in [-0.2, -0.15) is 0 Å². The average molecular weight is 361 g/mol. The van der Waals surface area contributed by atoms with Crippen LogP contribution < -0.4 is 10.6 Å². The first-order valence-corrected chi connectivity index (χ1v) is 7.88. The van der Waals surface area contributed by atoms with Crippen LogP contribution in [0, 0.1) is 0 Å². The minimum atomic E-state index is -0.604. The molecule has 0 radical (unpaired) electrons. The number of hydrogen-bond acceptors (Lipinski definition) is 4. The van der Waals surface area contributed by atoms with Crippen LogP contribution in [0.25, 0.3) is 0 Å². The summed E-state index contributed by atoms with van der Waals surface area (Å²) in [4.78, 5) is 34.6. The third kappa shape index (κ3) is 6.27. The Hall–Kier alpha value is -2.86. The Bertz CT molecular complexity index is 775. The molecule has 0 aliphatic heterocycles. The van der Waals surface area contributed by atoms with E-state index < -0.39 is 18.5 Å². The highest BCUT2D eigenvalue weighted by Gasteiger charge is 2.10. The fourth-order valence-electron chi connectivity index (χ4n) is 1.96. The Kier molecular flexibility index (Phi) is 6.54. The molecule has 2 aromatic carbocycles. The molecule has 2 rings (SSSR count). The number of rotatable bonds is 6. The van der Waals surface area contributed by atoms with Gasteiger partial charge in [0.2, 0.25) is 5.91 Å². The second kappa shape index (κ2) is 8.84.